The third kappa shape index (κ3) is 6.79. The van der Waals surface area contributed by atoms with Gasteiger partial charge in [0.1, 0.15) is 12.1 Å². The second-order valence-electron chi connectivity index (χ2n) is 10.5. The third-order valence-electron chi connectivity index (χ3n) is 7.61. The van der Waals surface area contributed by atoms with Crippen LogP contribution in [0.3, 0.4) is 0 Å². The summed E-state index contributed by atoms with van der Waals surface area (Å²) >= 11 is 0. The van der Waals surface area contributed by atoms with E-state index in [2.05, 4.69) is 29.6 Å². The van der Waals surface area contributed by atoms with Crippen LogP contribution in [-0.2, 0) is 22.6 Å². The molecule has 1 heterocycles. The van der Waals surface area contributed by atoms with Gasteiger partial charge in [-0.3, -0.25) is 14.4 Å². The largest absolute Gasteiger partial charge is 0.342 e. The summed E-state index contributed by atoms with van der Waals surface area (Å²) in [6.45, 7) is 0.907. The number of rotatable bonds is 11. The summed E-state index contributed by atoms with van der Waals surface area (Å²) in [7, 11) is 0. The molecule has 0 unspecified atom stereocenters. The van der Waals surface area contributed by atoms with E-state index >= 15 is 0 Å². The average molecular weight is 546 g/mol. The minimum Gasteiger partial charge on any atom is -0.342 e. The zero-order valence-electron chi connectivity index (χ0n) is 23.0. The van der Waals surface area contributed by atoms with Crippen LogP contribution in [0.4, 0.5) is 0 Å². The molecule has 1 aliphatic rings. The summed E-state index contributed by atoms with van der Waals surface area (Å²) < 4.78 is 0. The molecule has 1 saturated heterocycles. The molecule has 6 nitrogen and oxygen atoms in total. The van der Waals surface area contributed by atoms with E-state index in [0.717, 1.165) is 35.1 Å². The Balaban J connectivity index is 1.31. The Morgan fingerprint density at radius 2 is 1.29 bits per heavy atom. The standard InChI is InChI=1S/C35H35N3O3/c36-22-8-7-13-32-34(40)37-31(23-25-14-20-30(21-15-25)33(39)29-11-5-2-6-12-29)35(41)38(32)24-26-16-18-28(19-17-26)27-9-3-1-4-10-27/h1-6,9-12,14-21,31-32H,7-8,13,22-24,36H2,(H,37,40)/t31-,32-/m0/s1. The Hall–Kier alpha value is -4.55. The lowest BCUT2D eigenvalue weighted by atomic mass is 9.95. The van der Waals surface area contributed by atoms with Crippen LogP contribution in [0.1, 0.15) is 46.3 Å². The highest BCUT2D eigenvalue weighted by Gasteiger charge is 2.40. The summed E-state index contributed by atoms with van der Waals surface area (Å²) in [6, 6.07) is 33.5. The Morgan fingerprint density at radius 1 is 0.707 bits per heavy atom. The fourth-order valence-corrected chi connectivity index (χ4v) is 5.33. The van der Waals surface area contributed by atoms with Crippen LogP contribution < -0.4 is 11.1 Å². The summed E-state index contributed by atoms with van der Waals surface area (Å²) in [6.07, 6.45) is 2.49. The van der Waals surface area contributed by atoms with Crippen LogP contribution in [0, 0.1) is 0 Å². The van der Waals surface area contributed by atoms with Gasteiger partial charge in [0.2, 0.25) is 11.8 Å². The molecule has 0 aliphatic carbocycles. The number of benzene rings is 4. The number of carbonyl (C=O) groups excluding carboxylic acids is 3. The zero-order chi connectivity index (χ0) is 28.6. The predicted octanol–water partition coefficient (Wildman–Crippen LogP) is 5.15. The maximum absolute atomic E-state index is 13.8. The molecule has 4 aromatic rings. The third-order valence-corrected chi connectivity index (χ3v) is 7.61. The van der Waals surface area contributed by atoms with Gasteiger partial charge in [-0.1, -0.05) is 109 Å². The Morgan fingerprint density at radius 3 is 1.95 bits per heavy atom. The van der Waals surface area contributed by atoms with Crippen molar-refractivity contribution in [1.82, 2.24) is 10.2 Å². The summed E-state index contributed by atoms with van der Waals surface area (Å²) in [5.41, 5.74) is 11.0. The lowest BCUT2D eigenvalue weighted by molar-refractivity contribution is -0.150. The number of unbranched alkanes of at least 4 members (excludes halogenated alkanes) is 1. The number of nitrogens with two attached hydrogens (primary N) is 1. The highest BCUT2D eigenvalue weighted by Crippen LogP contribution is 2.24. The maximum Gasteiger partial charge on any atom is 0.246 e. The van der Waals surface area contributed by atoms with Gasteiger partial charge in [-0.25, -0.2) is 0 Å². The van der Waals surface area contributed by atoms with Crippen LogP contribution >= 0.6 is 0 Å². The molecular formula is C35H35N3O3. The normalized spacial score (nSPS) is 16.9. The molecular weight excluding hydrogens is 510 g/mol. The molecule has 1 fully saturated rings. The lowest BCUT2D eigenvalue weighted by Crippen LogP contribution is -2.63. The van der Waals surface area contributed by atoms with Crippen molar-refractivity contribution < 1.29 is 14.4 Å². The monoisotopic (exact) mass is 545 g/mol. The van der Waals surface area contributed by atoms with Gasteiger partial charge >= 0.3 is 0 Å². The SMILES string of the molecule is NCCCC[C@H]1C(=O)N[C@@H](Cc2ccc(C(=O)c3ccccc3)cc2)C(=O)N1Cc1ccc(-c2ccccc2)cc1. The molecule has 0 saturated carbocycles. The Labute approximate surface area is 241 Å². The molecule has 2 amide bonds. The summed E-state index contributed by atoms with van der Waals surface area (Å²) in [4.78, 5) is 41.6. The molecule has 2 atom stereocenters. The van der Waals surface area contributed by atoms with Crippen molar-refractivity contribution in [2.45, 2.75) is 44.3 Å². The minimum atomic E-state index is -0.674. The topological polar surface area (TPSA) is 92.5 Å². The average Bonchev–Trinajstić information content (AvgIpc) is 3.02. The number of nitrogens with one attached hydrogen (secondary N) is 1. The van der Waals surface area contributed by atoms with Crippen LogP contribution in [-0.4, -0.2) is 41.1 Å². The first-order valence-electron chi connectivity index (χ1n) is 14.2. The highest BCUT2D eigenvalue weighted by molar-refractivity contribution is 6.09. The van der Waals surface area contributed by atoms with Crippen LogP contribution in [0.5, 0.6) is 0 Å². The first-order chi connectivity index (χ1) is 20.0. The van der Waals surface area contributed by atoms with Crippen molar-refractivity contribution >= 4 is 17.6 Å². The van der Waals surface area contributed by atoms with Gasteiger partial charge in [0.05, 0.1) is 0 Å². The molecule has 6 heteroatoms. The van der Waals surface area contributed by atoms with E-state index in [1.165, 1.54) is 0 Å². The van der Waals surface area contributed by atoms with Gasteiger partial charge in [-0.15, -0.1) is 0 Å². The molecule has 208 valence electrons. The number of nitrogens with zero attached hydrogens (tertiary/aromatic N) is 1. The number of hydrogen-bond donors (Lipinski definition) is 2. The van der Waals surface area contributed by atoms with Gasteiger partial charge in [0, 0.05) is 24.1 Å². The van der Waals surface area contributed by atoms with Gasteiger partial charge in [0.25, 0.3) is 0 Å². The Kier molecular flexibility index (Phi) is 9.02. The van der Waals surface area contributed by atoms with E-state index in [9.17, 15) is 14.4 Å². The van der Waals surface area contributed by atoms with Gasteiger partial charge < -0.3 is 16.0 Å². The fraction of sp³-hybridized carbons (Fsp3) is 0.229. The lowest BCUT2D eigenvalue weighted by Gasteiger charge is -2.39. The minimum absolute atomic E-state index is 0.0519. The molecule has 0 aromatic heterocycles. The molecule has 5 rings (SSSR count). The maximum atomic E-state index is 13.8. The smallest absolute Gasteiger partial charge is 0.246 e. The molecule has 0 radical (unpaired) electrons. The summed E-state index contributed by atoms with van der Waals surface area (Å²) in [5, 5.41) is 2.97. The van der Waals surface area contributed by atoms with E-state index in [-0.39, 0.29) is 17.6 Å². The first kappa shape index (κ1) is 28.0. The van der Waals surface area contributed by atoms with Gasteiger partial charge in [-0.05, 0) is 48.1 Å². The van der Waals surface area contributed by atoms with E-state index in [1.807, 2.05) is 60.7 Å². The number of piperazine rings is 1. The van der Waals surface area contributed by atoms with Gasteiger partial charge in [-0.2, -0.15) is 0 Å². The van der Waals surface area contributed by atoms with Crippen molar-refractivity contribution in [3.8, 4) is 11.1 Å². The van der Waals surface area contributed by atoms with Crippen LogP contribution in [0.2, 0.25) is 0 Å². The van der Waals surface area contributed by atoms with Crippen LogP contribution in [0.25, 0.3) is 11.1 Å². The van der Waals surface area contributed by atoms with E-state index in [0.29, 0.717) is 37.1 Å². The molecule has 1 aliphatic heterocycles. The molecule has 0 spiro atoms. The predicted molar refractivity (Wildman–Crippen MR) is 161 cm³/mol. The van der Waals surface area contributed by atoms with Crippen molar-refractivity contribution in [2.24, 2.45) is 5.73 Å². The molecule has 4 aromatic carbocycles. The number of hydrogen-bond acceptors (Lipinski definition) is 4. The fourth-order valence-electron chi connectivity index (χ4n) is 5.33. The van der Waals surface area contributed by atoms with Crippen molar-refractivity contribution in [3.63, 3.8) is 0 Å². The molecule has 0 bridgehead atoms. The number of carbonyl (C=O) groups is 3. The first-order valence-corrected chi connectivity index (χ1v) is 14.2. The van der Waals surface area contributed by atoms with E-state index in [4.69, 9.17) is 5.73 Å². The molecule has 41 heavy (non-hydrogen) atoms. The van der Waals surface area contributed by atoms with E-state index < -0.39 is 12.1 Å². The van der Waals surface area contributed by atoms with Crippen molar-refractivity contribution in [1.29, 1.82) is 0 Å². The highest BCUT2D eigenvalue weighted by atomic mass is 16.2. The van der Waals surface area contributed by atoms with E-state index in [1.54, 1.807) is 29.2 Å². The van der Waals surface area contributed by atoms with Crippen molar-refractivity contribution in [3.05, 3.63) is 131 Å². The Bertz CT molecular complexity index is 1470. The van der Waals surface area contributed by atoms with Crippen LogP contribution in [0.15, 0.2) is 109 Å². The second kappa shape index (κ2) is 13.2. The second-order valence-corrected chi connectivity index (χ2v) is 10.5. The van der Waals surface area contributed by atoms with Gasteiger partial charge in [0.15, 0.2) is 5.78 Å². The number of ketones is 1. The quantitative estimate of drug-likeness (QED) is 0.201. The van der Waals surface area contributed by atoms with Crippen molar-refractivity contribution in [2.75, 3.05) is 6.54 Å². The number of amides is 2. The zero-order valence-corrected chi connectivity index (χ0v) is 23.0. The summed E-state index contributed by atoms with van der Waals surface area (Å²) in [5.74, 6) is -0.286. The molecule has 3 N–H and O–H groups in total.